The second-order valence-electron chi connectivity index (χ2n) is 6.28. The molecule has 1 heterocycles. The lowest BCUT2D eigenvalue weighted by Gasteiger charge is -2.28. The van der Waals surface area contributed by atoms with Gasteiger partial charge in [0.05, 0.1) is 0 Å². The second kappa shape index (κ2) is 8.14. The van der Waals surface area contributed by atoms with Gasteiger partial charge in [0, 0.05) is 25.3 Å². The van der Waals surface area contributed by atoms with Crippen molar-refractivity contribution in [2.45, 2.75) is 12.5 Å². The number of aliphatic hydroxyl groups excluding tert-OH is 1. The Balaban J connectivity index is 1.46. The van der Waals surface area contributed by atoms with Gasteiger partial charge in [-0.25, -0.2) is 4.39 Å². The van der Waals surface area contributed by atoms with Gasteiger partial charge in [-0.2, -0.15) is 0 Å². The lowest BCUT2D eigenvalue weighted by atomic mass is 9.99. The highest BCUT2D eigenvalue weighted by atomic mass is 19.1. The Morgan fingerprint density at radius 2 is 1.84 bits per heavy atom. The number of hydrogen-bond donors (Lipinski definition) is 2. The molecule has 0 fully saturated rings. The first-order valence-corrected chi connectivity index (χ1v) is 8.44. The molecule has 25 heavy (non-hydrogen) atoms. The first-order valence-electron chi connectivity index (χ1n) is 8.44. The van der Waals surface area contributed by atoms with Crippen LogP contribution in [0.3, 0.4) is 0 Å². The number of halogens is 1. The summed E-state index contributed by atoms with van der Waals surface area (Å²) in [5, 5.41) is 10.2. The molecule has 3 rings (SSSR count). The number of benzene rings is 2. The number of nitrogens with zero attached hydrogens (tertiary/aromatic N) is 1. The van der Waals surface area contributed by atoms with Crippen molar-refractivity contribution in [3.63, 3.8) is 0 Å². The topological polar surface area (TPSA) is 58.7 Å². The van der Waals surface area contributed by atoms with Crippen LogP contribution < -0.4 is 10.5 Å². The normalized spacial score (nSPS) is 16.3. The lowest BCUT2D eigenvalue weighted by Crippen LogP contribution is -2.38. The molecule has 2 aromatic rings. The van der Waals surface area contributed by atoms with Crippen LogP contribution in [0.15, 0.2) is 54.6 Å². The minimum Gasteiger partial charge on any atom is -0.491 e. The van der Waals surface area contributed by atoms with Gasteiger partial charge >= 0.3 is 0 Å². The predicted octanol–water partition coefficient (Wildman–Crippen LogP) is 2.94. The highest BCUT2D eigenvalue weighted by Gasteiger charge is 2.16. The van der Waals surface area contributed by atoms with Crippen LogP contribution in [0, 0.1) is 5.82 Å². The molecular weight excluding hydrogens is 319 g/mol. The van der Waals surface area contributed by atoms with Crippen molar-refractivity contribution in [3.05, 3.63) is 66.0 Å². The molecule has 5 heteroatoms. The highest BCUT2D eigenvalue weighted by Crippen LogP contribution is 2.22. The van der Waals surface area contributed by atoms with Crippen molar-refractivity contribution in [1.29, 1.82) is 0 Å². The molecule has 4 nitrogen and oxygen atoms in total. The molecule has 132 valence electrons. The first kappa shape index (κ1) is 17.5. The van der Waals surface area contributed by atoms with Gasteiger partial charge < -0.3 is 15.6 Å². The fourth-order valence-corrected chi connectivity index (χ4v) is 2.91. The number of aliphatic hydroxyl groups is 1. The lowest BCUT2D eigenvalue weighted by molar-refractivity contribution is 0.0717. The van der Waals surface area contributed by atoms with E-state index in [1.807, 2.05) is 12.1 Å². The first-order chi connectivity index (χ1) is 12.1. The van der Waals surface area contributed by atoms with E-state index in [1.54, 1.807) is 24.3 Å². The maximum Gasteiger partial charge on any atom is 0.123 e. The van der Waals surface area contributed by atoms with Crippen molar-refractivity contribution in [3.8, 4) is 5.75 Å². The Kier molecular flexibility index (Phi) is 5.68. The zero-order valence-electron chi connectivity index (χ0n) is 14.1. The molecule has 1 unspecified atom stereocenters. The summed E-state index contributed by atoms with van der Waals surface area (Å²) in [6, 6.07) is 13.7. The van der Waals surface area contributed by atoms with Gasteiger partial charge in [0.1, 0.15) is 24.3 Å². The molecule has 0 aromatic heterocycles. The van der Waals surface area contributed by atoms with Crippen LogP contribution in [0.5, 0.6) is 5.75 Å². The average Bonchev–Trinajstić information content (AvgIpc) is 2.63. The monoisotopic (exact) mass is 342 g/mol. The number of anilines is 1. The van der Waals surface area contributed by atoms with E-state index in [-0.39, 0.29) is 12.4 Å². The molecule has 1 aliphatic rings. The van der Waals surface area contributed by atoms with E-state index < -0.39 is 6.10 Å². The van der Waals surface area contributed by atoms with Gasteiger partial charge in [0.25, 0.3) is 0 Å². The molecule has 0 saturated carbocycles. The van der Waals surface area contributed by atoms with E-state index in [9.17, 15) is 9.50 Å². The Morgan fingerprint density at radius 3 is 2.48 bits per heavy atom. The third kappa shape index (κ3) is 5.05. The number of rotatable bonds is 6. The zero-order valence-corrected chi connectivity index (χ0v) is 14.1. The Labute approximate surface area is 147 Å². The van der Waals surface area contributed by atoms with E-state index in [0.717, 1.165) is 25.1 Å². The van der Waals surface area contributed by atoms with Gasteiger partial charge in [-0.05, 0) is 54.0 Å². The maximum absolute atomic E-state index is 13.0. The fraction of sp³-hybridized carbons (Fsp3) is 0.300. The van der Waals surface area contributed by atoms with Gasteiger partial charge in [0.2, 0.25) is 0 Å². The Morgan fingerprint density at radius 1 is 1.12 bits per heavy atom. The average molecular weight is 342 g/mol. The van der Waals surface area contributed by atoms with Crippen molar-refractivity contribution in [2.24, 2.45) is 0 Å². The highest BCUT2D eigenvalue weighted by molar-refractivity contribution is 5.66. The van der Waals surface area contributed by atoms with Crippen molar-refractivity contribution < 1.29 is 14.2 Å². The number of β-amino-alcohol motifs (C(OH)–C–C–N with tert-alkyl or cyclic N) is 1. The molecule has 0 radical (unpaired) electrons. The number of nitrogen functional groups attached to an aromatic ring is 1. The van der Waals surface area contributed by atoms with Crippen molar-refractivity contribution >= 4 is 11.3 Å². The van der Waals surface area contributed by atoms with Crippen molar-refractivity contribution in [1.82, 2.24) is 4.90 Å². The molecule has 0 bridgehead atoms. The van der Waals surface area contributed by atoms with Crippen LogP contribution in [0.25, 0.3) is 5.57 Å². The van der Waals surface area contributed by atoms with E-state index in [2.05, 4.69) is 11.0 Å². The number of hydrogen-bond acceptors (Lipinski definition) is 4. The summed E-state index contributed by atoms with van der Waals surface area (Å²) in [7, 11) is 0. The van der Waals surface area contributed by atoms with Crippen LogP contribution in [0.1, 0.15) is 12.0 Å². The van der Waals surface area contributed by atoms with Gasteiger partial charge in [0.15, 0.2) is 0 Å². The molecule has 0 saturated heterocycles. The van der Waals surface area contributed by atoms with Crippen LogP contribution in [-0.2, 0) is 0 Å². The van der Waals surface area contributed by atoms with E-state index >= 15 is 0 Å². The van der Waals surface area contributed by atoms with E-state index in [0.29, 0.717) is 18.0 Å². The number of nitrogens with two attached hydrogens (primary N) is 1. The molecule has 0 amide bonds. The predicted molar refractivity (Wildman–Crippen MR) is 97.8 cm³/mol. The molecule has 1 aliphatic heterocycles. The van der Waals surface area contributed by atoms with E-state index in [1.165, 1.54) is 17.7 Å². The van der Waals surface area contributed by atoms with Gasteiger partial charge in [-0.15, -0.1) is 0 Å². The van der Waals surface area contributed by atoms with Gasteiger partial charge in [-0.1, -0.05) is 18.2 Å². The number of ether oxygens (including phenoxy) is 1. The zero-order chi connectivity index (χ0) is 17.6. The Bertz CT molecular complexity index is 713. The van der Waals surface area contributed by atoms with Crippen LogP contribution >= 0.6 is 0 Å². The molecular formula is C20H23FN2O2. The largest absolute Gasteiger partial charge is 0.491 e. The quantitative estimate of drug-likeness (QED) is 0.793. The summed E-state index contributed by atoms with van der Waals surface area (Å²) in [5.74, 6) is 0.483. The van der Waals surface area contributed by atoms with Crippen LogP contribution in [0.2, 0.25) is 0 Å². The van der Waals surface area contributed by atoms with Crippen LogP contribution in [-0.4, -0.2) is 42.4 Å². The van der Waals surface area contributed by atoms with Crippen LogP contribution in [0.4, 0.5) is 10.1 Å². The summed E-state index contributed by atoms with van der Waals surface area (Å²) in [5.41, 5.74) is 8.61. The molecule has 0 spiro atoms. The third-order valence-electron chi connectivity index (χ3n) is 4.30. The summed E-state index contributed by atoms with van der Waals surface area (Å²) in [4.78, 5) is 2.18. The van der Waals surface area contributed by atoms with E-state index in [4.69, 9.17) is 10.5 Å². The van der Waals surface area contributed by atoms with Gasteiger partial charge in [-0.3, -0.25) is 4.90 Å². The smallest absolute Gasteiger partial charge is 0.123 e. The Hall–Kier alpha value is -2.37. The minimum atomic E-state index is -0.557. The molecule has 3 N–H and O–H groups in total. The van der Waals surface area contributed by atoms with Crippen molar-refractivity contribution in [2.75, 3.05) is 32.0 Å². The fourth-order valence-electron chi connectivity index (χ4n) is 2.91. The second-order valence-corrected chi connectivity index (χ2v) is 6.28. The minimum absolute atomic E-state index is 0.217. The SMILES string of the molecule is Nc1ccc(OCC(O)CN2CC=C(c3ccc(F)cc3)CC2)cc1. The standard InChI is InChI=1S/C20H23FN2O2/c21-17-3-1-15(2-4-17)16-9-11-23(12-10-16)13-19(24)14-25-20-7-5-18(22)6-8-20/h1-9,19,24H,10-14,22H2. The maximum atomic E-state index is 13.0. The summed E-state index contributed by atoms with van der Waals surface area (Å²) in [6.45, 7) is 2.44. The molecule has 1 atom stereocenters. The summed E-state index contributed by atoms with van der Waals surface area (Å²) >= 11 is 0. The molecule has 2 aromatic carbocycles. The third-order valence-corrected chi connectivity index (χ3v) is 4.30. The summed E-state index contributed by atoms with van der Waals surface area (Å²) in [6.07, 6.45) is 2.47. The molecule has 0 aliphatic carbocycles. The summed E-state index contributed by atoms with van der Waals surface area (Å²) < 4.78 is 18.6.